The molecule has 11 rings (SSSR count). The Kier molecular flexibility index (Phi) is 5.83. The summed E-state index contributed by atoms with van der Waals surface area (Å²) in [6.45, 7) is 0. The second kappa shape index (κ2) is 10.6. The maximum absolute atomic E-state index is 6.74. The first-order chi connectivity index (χ1) is 24.8. The zero-order valence-corrected chi connectivity index (χ0v) is 27.6. The fourth-order valence-corrected chi connectivity index (χ4v) is 8.88. The van der Waals surface area contributed by atoms with E-state index in [1.54, 1.807) is 0 Å². The van der Waals surface area contributed by atoms with Crippen LogP contribution in [0.1, 0.15) is 0 Å². The average molecular weight is 658 g/mol. The van der Waals surface area contributed by atoms with Crippen molar-refractivity contribution in [3.05, 3.63) is 164 Å². The van der Waals surface area contributed by atoms with Crippen molar-refractivity contribution in [2.24, 2.45) is 0 Å². The molecule has 0 N–H and O–H groups in total. The van der Waals surface area contributed by atoms with Crippen molar-refractivity contribution in [3.8, 4) is 11.1 Å². The molecule has 3 aromatic heterocycles. The van der Waals surface area contributed by atoms with Crippen LogP contribution in [0.4, 0.5) is 17.1 Å². The number of hydrogen-bond donors (Lipinski definition) is 0. The summed E-state index contributed by atoms with van der Waals surface area (Å²) < 4.78 is 15.6. The number of benzene rings is 8. The molecule has 0 saturated heterocycles. The monoisotopic (exact) mass is 657 g/mol. The van der Waals surface area contributed by atoms with Gasteiger partial charge in [0, 0.05) is 69.7 Å². The molecule has 0 radical (unpaired) electrons. The van der Waals surface area contributed by atoms with Crippen LogP contribution in [-0.4, -0.2) is 0 Å². The molecule has 0 aliphatic carbocycles. The molecule has 0 spiro atoms. The molecule has 0 atom stereocenters. The molecule has 0 aliphatic heterocycles. The van der Waals surface area contributed by atoms with E-state index in [0.29, 0.717) is 0 Å². The van der Waals surface area contributed by atoms with Crippen LogP contribution >= 0.6 is 11.3 Å². The predicted molar refractivity (Wildman–Crippen MR) is 212 cm³/mol. The molecule has 3 nitrogen and oxygen atoms in total. The Labute approximate surface area is 290 Å². The van der Waals surface area contributed by atoms with Gasteiger partial charge in [0.2, 0.25) is 0 Å². The van der Waals surface area contributed by atoms with Gasteiger partial charge in [-0.1, -0.05) is 103 Å². The number of fused-ring (bicyclic) bond motifs is 12. The lowest BCUT2D eigenvalue weighted by atomic mass is 10.0. The molecule has 3 heterocycles. The Morgan fingerprint density at radius 1 is 0.400 bits per heavy atom. The number of furan rings is 2. The number of hydrogen-bond acceptors (Lipinski definition) is 4. The van der Waals surface area contributed by atoms with Gasteiger partial charge in [0.1, 0.15) is 22.3 Å². The molecular weight excluding hydrogens is 631 g/mol. The van der Waals surface area contributed by atoms with Gasteiger partial charge >= 0.3 is 0 Å². The van der Waals surface area contributed by atoms with E-state index >= 15 is 0 Å². The highest BCUT2D eigenvalue weighted by molar-refractivity contribution is 7.26. The second-order valence-electron chi connectivity index (χ2n) is 12.9. The lowest BCUT2D eigenvalue weighted by molar-refractivity contribution is 0.670. The van der Waals surface area contributed by atoms with Gasteiger partial charge in [-0.25, -0.2) is 0 Å². The van der Waals surface area contributed by atoms with E-state index < -0.39 is 0 Å². The lowest BCUT2D eigenvalue weighted by Crippen LogP contribution is -2.09. The minimum atomic E-state index is 0.910. The Hall–Kier alpha value is -6.36. The van der Waals surface area contributed by atoms with Gasteiger partial charge in [0.15, 0.2) is 0 Å². The van der Waals surface area contributed by atoms with Crippen molar-refractivity contribution in [2.75, 3.05) is 4.90 Å². The predicted octanol–water partition coefficient (Wildman–Crippen LogP) is 14.1. The van der Waals surface area contributed by atoms with Crippen LogP contribution in [0.15, 0.2) is 173 Å². The molecule has 11 aromatic rings. The number of anilines is 3. The van der Waals surface area contributed by atoms with Gasteiger partial charge in [-0.05, 0) is 71.6 Å². The fraction of sp³-hybridized carbons (Fsp3) is 0. The van der Waals surface area contributed by atoms with Crippen molar-refractivity contribution in [3.63, 3.8) is 0 Å². The summed E-state index contributed by atoms with van der Waals surface area (Å²) in [5.41, 5.74) is 9.25. The maximum atomic E-state index is 6.74. The standard InChI is InChI=1S/C46H27NO2S/c1-2-10-30(11-3-1)47(31-20-17-29(18-21-31)34-14-8-15-36-35-13-6-7-16-40(35)48-44(34)36)32-22-24-39-42(27-32)50-41-26-25-38-37-23-19-28-9-4-5-12-33(28)45(37)49-46(38)43(39)41/h1-27H. The van der Waals surface area contributed by atoms with Crippen molar-refractivity contribution in [1.29, 1.82) is 0 Å². The molecule has 0 aliphatic rings. The van der Waals surface area contributed by atoms with E-state index in [-0.39, 0.29) is 0 Å². The summed E-state index contributed by atoms with van der Waals surface area (Å²) in [5.74, 6) is 0. The highest BCUT2D eigenvalue weighted by Gasteiger charge is 2.19. The zero-order chi connectivity index (χ0) is 32.8. The van der Waals surface area contributed by atoms with Gasteiger partial charge in [-0.3, -0.25) is 0 Å². The maximum Gasteiger partial charge on any atom is 0.144 e. The van der Waals surface area contributed by atoms with E-state index in [1.807, 2.05) is 23.5 Å². The number of nitrogens with zero attached hydrogens (tertiary/aromatic N) is 1. The number of rotatable bonds is 4. The van der Waals surface area contributed by atoms with Crippen LogP contribution in [-0.2, 0) is 0 Å². The first-order valence-electron chi connectivity index (χ1n) is 16.8. The van der Waals surface area contributed by atoms with Gasteiger partial charge in [0.05, 0.1) is 0 Å². The molecule has 0 amide bonds. The summed E-state index contributed by atoms with van der Waals surface area (Å²) in [7, 11) is 0. The van der Waals surface area contributed by atoms with E-state index in [1.165, 1.54) is 25.6 Å². The summed E-state index contributed by atoms with van der Waals surface area (Å²) in [6, 6.07) is 58.2. The van der Waals surface area contributed by atoms with E-state index in [9.17, 15) is 0 Å². The second-order valence-corrected chi connectivity index (χ2v) is 13.9. The van der Waals surface area contributed by atoms with Gasteiger partial charge < -0.3 is 13.7 Å². The van der Waals surface area contributed by atoms with Crippen molar-refractivity contribution < 1.29 is 8.83 Å². The number of para-hydroxylation sites is 3. The fourth-order valence-electron chi connectivity index (χ4n) is 7.74. The molecule has 4 heteroatoms. The molecule has 0 unspecified atom stereocenters. The average Bonchev–Trinajstić information content (AvgIpc) is 3.87. The summed E-state index contributed by atoms with van der Waals surface area (Å²) >= 11 is 1.82. The third kappa shape index (κ3) is 4.03. The van der Waals surface area contributed by atoms with E-state index in [4.69, 9.17) is 8.83 Å². The Morgan fingerprint density at radius 2 is 1.08 bits per heavy atom. The topological polar surface area (TPSA) is 29.5 Å². The largest absolute Gasteiger partial charge is 0.455 e. The van der Waals surface area contributed by atoms with Crippen molar-refractivity contribution in [2.45, 2.75) is 0 Å². The summed E-state index contributed by atoms with van der Waals surface area (Å²) in [4.78, 5) is 2.33. The molecule has 8 aromatic carbocycles. The summed E-state index contributed by atoms with van der Waals surface area (Å²) in [5, 5.41) is 9.33. The lowest BCUT2D eigenvalue weighted by Gasteiger charge is -2.25. The van der Waals surface area contributed by atoms with Crippen LogP contribution in [0.3, 0.4) is 0 Å². The van der Waals surface area contributed by atoms with Crippen LogP contribution < -0.4 is 4.90 Å². The minimum absolute atomic E-state index is 0.910. The highest BCUT2D eigenvalue weighted by atomic mass is 32.1. The molecule has 50 heavy (non-hydrogen) atoms. The molecule has 0 fully saturated rings. The zero-order valence-electron chi connectivity index (χ0n) is 26.8. The van der Waals surface area contributed by atoms with E-state index in [2.05, 4.69) is 157 Å². The first-order valence-corrected chi connectivity index (χ1v) is 17.7. The van der Waals surface area contributed by atoms with Crippen LogP contribution in [0.2, 0.25) is 0 Å². The molecule has 234 valence electrons. The van der Waals surface area contributed by atoms with Crippen molar-refractivity contribution in [1.82, 2.24) is 0 Å². The first kappa shape index (κ1) is 27.6. The van der Waals surface area contributed by atoms with Gasteiger partial charge in [-0.15, -0.1) is 11.3 Å². The van der Waals surface area contributed by atoms with Crippen LogP contribution in [0.5, 0.6) is 0 Å². The van der Waals surface area contributed by atoms with Crippen LogP contribution in [0, 0.1) is 0 Å². The van der Waals surface area contributed by atoms with Gasteiger partial charge in [0.25, 0.3) is 0 Å². The summed E-state index contributed by atoms with van der Waals surface area (Å²) in [6.07, 6.45) is 0. The van der Waals surface area contributed by atoms with E-state index in [0.717, 1.165) is 77.5 Å². The molecule has 0 saturated carbocycles. The van der Waals surface area contributed by atoms with Crippen molar-refractivity contribution >= 4 is 103 Å². The van der Waals surface area contributed by atoms with Gasteiger partial charge in [-0.2, -0.15) is 0 Å². The Morgan fingerprint density at radius 3 is 1.98 bits per heavy atom. The Balaban J connectivity index is 1.05. The van der Waals surface area contributed by atoms with Crippen LogP contribution in [0.25, 0.3) is 85.9 Å². The minimum Gasteiger partial charge on any atom is -0.455 e. The SMILES string of the molecule is c1ccc(N(c2ccc(-c3cccc4c3oc3ccccc34)cc2)c2ccc3c(c2)sc2ccc4c5ccc6ccccc6c5oc4c23)cc1. The molecule has 0 bridgehead atoms. The highest BCUT2D eigenvalue weighted by Crippen LogP contribution is 2.46. The normalized spacial score (nSPS) is 12.0. The third-order valence-corrected chi connectivity index (χ3v) is 11.2. The Bertz CT molecular complexity index is 3090. The molecular formula is C46H27NO2S. The third-order valence-electron chi connectivity index (χ3n) is 10.1. The smallest absolute Gasteiger partial charge is 0.144 e. The quantitative estimate of drug-likeness (QED) is 0.189. The number of thiophene rings is 1.